The monoisotopic (exact) mass is 246 g/mol. The van der Waals surface area contributed by atoms with Crippen molar-refractivity contribution in [3.8, 4) is 0 Å². The van der Waals surface area contributed by atoms with Crippen LogP contribution in [0.25, 0.3) is 0 Å². The average Bonchev–Trinajstić information content (AvgIpc) is 2.19. The summed E-state index contributed by atoms with van der Waals surface area (Å²) < 4.78 is 5.52. The zero-order valence-corrected chi connectivity index (χ0v) is 13.6. The molecule has 0 saturated carbocycles. The molecule has 2 rings (SSSR count). The average molecular weight is 246 g/mol. The molecule has 1 aliphatic rings. The second kappa shape index (κ2) is 6.07. The van der Waals surface area contributed by atoms with Crippen LogP contribution in [0, 0.1) is 6.92 Å². The van der Waals surface area contributed by atoms with Crippen LogP contribution in [0.3, 0.4) is 0 Å². The van der Waals surface area contributed by atoms with Gasteiger partial charge in [-0.25, -0.2) is 0 Å². The first-order valence-electron chi connectivity index (χ1n) is 5.13. The predicted octanol–water partition coefficient (Wildman–Crippen LogP) is -2.18. The minimum atomic E-state index is -2.81. The predicted molar refractivity (Wildman–Crippen MR) is 56.6 cm³/mol. The molecule has 0 amide bonds. The molecule has 0 N–H and O–H groups in total. The molecule has 0 spiro atoms. The molecule has 0 aliphatic carbocycles. The van der Waals surface area contributed by atoms with E-state index in [2.05, 4.69) is 0 Å². The van der Waals surface area contributed by atoms with Crippen molar-refractivity contribution in [2.24, 2.45) is 0 Å². The molecule has 1 atom stereocenters. The van der Waals surface area contributed by atoms with Crippen molar-refractivity contribution >= 4 is 13.7 Å². The third kappa shape index (κ3) is 3.23. The summed E-state index contributed by atoms with van der Waals surface area (Å²) in [6, 6.07) is 8.59. The first kappa shape index (κ1) is 14.1. The minimum absolute atomic E-state index is 0. The second-order valence-corrected chi connectivity index (χ2v) is 6.71. The molecule has 1 fully saturated rings. The van der Waals surface area contributed by atoms with E-state index in [0.29, 0.717) is 6.61 Å². The van der Waals surface area contributed by atoms with Crippen LogP contribution in [0.5, 0.6) is 0 Å². The van der Waals surface area contributed by atoms with Crippen molar-refractivity contribution in [3.05, 3.63) is 29.8 Å². The molecule has 2 nitrogen and oxygen atoms in total. The van der Waals surface area contributed by atoms with Crippen molar-refractivity contribution < 1.29 is 60.6 Å². The van der Waals surface area contributed by atoms with E-state index in [0.717, 1.165) is 29.6 Å². The van der Waals surface area contributed by atoms with Gasteiger partial charge in [0.1, 0.15) is 8.56 Å². The van der Waals surface area contributed by atoms with Gasteiger partial charge in [0.15, 0.2) is 0 Å². The van der Waals surface area contributed by atoms with Crippen LogP contribution in [0.1, 0.15) is 18.4 Å². The maximum atomic E-state index is 12.5. The van der Waals surface area contributed by atoms with Gasteiger partial charge in [-0.15, -0.1) is 0 Å². The molecular formula is C11H15KO2Si. The zero-order valence-electron chi connectivity index (χ0n) is 9.45. The summed E-state index contributed by atoms with van der Waals surface area (Å²) in [5, 5.41) is 0.944. The zero-order chi connectivity index (χ0) is 10.0. The number of hydrogen-bond acceptors (Lipinski definition) is 2. The third-order valence-corrected chi connectivity index (χ3v) is 5.85. The molecule has 76 valence electrons. The quantitative estimate of drug-likeness (QED) is 0.528. The Morgan fingerprint density at radius 1 is 1.27 bits per heavy atom. The molecule has 15 heavy (non-hydrogen) atoms. The molecule has 0 aromatic heterocycles. The largest absolute Gasteiger partial charge is 1.00 e. The Morgan fingerprint density at radius 3 is 2.60 bits per heavy atom. The van der Waals surface area contributed by atoms with Gasteiger partial charge in [-0.2, -0.15) is 0 Å². The van der Waals surface area contributed by atoms with Gasteiger partial charge in [-0.05, 0) is 24.6 Å². The van der Waals surface area contributed by atoms with Crippen molar-refractivity contribution in [2.45, 2.75) is 25.8 Å². The Hall–Kier alpha value is 0.993. The van der Waals surface area contributed by atoms with Gasteiger partial charge in [0.2, 0.25) is 0 Å². The van der Waals surface area contributed by atoms with Crippen molar-refractivity contribution in [1.29, 1.82) is 0 Å². The van der Waals surface area contributed by atoms with Gasteiger partial charge in [-0.3, -0.25) is 0 Å². The summed E-state index contributed by atoms with van der Waals surface area (Å²) in [7, 11) is -2.81. The number of hydrogen-bond donors (Lipinski definition) is 0. The molecule has 1 unspecified atom stereocenters. The summed E-state index contributed by atoms with van der Waals surface area (Å²) in [6.45, 7) is 2.66. The Kier molecular flexibility index (Phi) is 5.69. The normalized spacial score (nSPS) is 25.7. The number of aryl methyl sites for hydroxylation is 1. The van der Waals surface area contributed by atoms with Crippen LogP contribution < -0.4 is 61.4 Å². The van der Waals surface area contributed by atoms with E-state index in [1.54, 1.807) is 0 Å². The van der Waals surface area contributed by atoms with E-state index in [1.807, 2.05) is 31.2 Å². The van der Waals surface area contributed by atoms with Crippen LogP contribution in [0.2, 0.25) is 6.04 Å². The topological polar surface area (TPSA) is 32.3 Å². The van der Waals surface area contributed by atoms with E-state index < -0.39 is 8.56 Å². The van der Waals surface area contributed by atoms with Crippen LogP contribution in [0.15, 0.2) is 24.3 Å². The molecule has 0 radical (unpaired) electrons. The van der Waals surface area contributed by atoms with E-state index in [9.17, 15) is 4.80 Å². The molecule has 1 aromatic rings. The molecule has 0 bridgehead atoms. The van der Waals surface area contributed by atoms with Crippen LogP contribution in [-0.2, 0) is 4.43 Å². The van der Waals surface area contributed by atoms with Crippen molar-refractivity contribution in [2.75, 3.05) is 6.61 Å². The van der Waals surface area contributed by atoms with Gasteiger partial charge in [-0.1, -0.05) is 36.2 Å². The van der Waals surface area contributed by atoms with Crippen LogP contribution in [0.4, 0.5) is 0 Å². The summed E-state index contributed by atoms with van der Waals surface area (Å²) >= 11 is 0. The van der Waals surface area contributed by atoms with E-state index in [4.69, 9.17) is 4.43 Å². The Morgan fingerprint density at radius 2 is 2.00 bits per heavy atom. The fraction of sp³-hybridized carbons (Fsp3) is 0.455. The SMILES string of the molecule is Cc1ccccc1[Si]1([O-])CCCCO1.[K+]. The minimum Gasteiger partial charge on any atom is -0.834 e. The molecule has 4 heteroatoms. The third-order valence-electron chi connectivity index (χ3n) is 2.79. The Balaban J connectivity index is 0.00000112. The van der Waals surface area contributed by atoms with Crippen molar-refractivity contribution in [1.82, 2.24) is 0 Å². The van der Waals surface area contributed by atoms with Crippen LogP contribution >= 0.6 is 0 Å². The smallest absolute Gasteiger partial charge is 0.834 e. The molecular weight excluding hydrogens is 231 g/mol. The molecule has 1 saturated heterocycles. The Labute approximate surface area is 135 Å². The first-order valence-corrected chi connectivity index (χ1v) is 7.15. The van der Waals surface area contributed by atoms with Gasteiger partial charge < -0.3 is 9.22 Å². The van der Waals surface area contributed by atoms with Gasteiger partial charge in [0.05, 0.1) is 0 Å². The standard InChI is InChI=1S/C11H15O2Si.K/c1-10-6-2-3-7-11(10)14(12)9-5-4-8-13-14;/h2-3,6-7H,4-5,8-9H2,1H3;/q-1;+1. The molecule has 1 aliphatic heterocycles. The number of rotatable bonds is 1. The number of benzene rings is 1. The maximum absolute atomic E-state index is 12.5. The molecule has 1 heterocycles. The van der Waals surface area contributed by atoms with Crippen LogP contribution in [-0.4, -0.2) is 15.2 Å². The fourth-order valence-electron chi connectivity index (χ4n) is 1.98. The fourth-order valence-corrected chi connectivity index (χ4v) is 4.77. The van der Waals surface area contributed by atoms with Gasteiger partial charge in [0.25, 0.3) is 0 Å². The van der Waals surface area contributed by atoms with Gasteiger partial charge in [0, 0.05) is 6.61 Å². The van der Waals surface area contributed by atoms with E-state index in [1.165, 1.54) is 0 Å². The first-order chi connectivity index (χ1) is 6.72. The summed E-state index contributed by atoms with van der Waals surface area (Å²) in [5.74, 6) is 0. The summed E-state index contributed by atoms with van der Waals surface area (Å²) in [6.07, 6.45) is 2.08. The van der Waals surface area contributed by atoms with E-state index in [-0.39, 0.29) is 51.4 Å². The summed E-state index contributed by atoms with van der Waals surface area (Å²) in [5.41, 5.74) is 1.09. The van der Waals surface area contributed by atoms with Gasteiger partial charge >= 0.3 is 51.4 Å². The van der Waals surface area contributed by atoms with E-state index >= 15 is 0 Å². The Bertz CT molecular complexity index is 324. The molecule has 1 aromatic carbocycles. The summed E-state index contributed by atoms with van der Waals surface area (Å²) in [4.78, 5) is 12.5. The van der Waals surface area contributed by atoms with Crippen molar-refractivity contribution in [3.63, 3.8) is 0 Å². The second-order valence-electron chi connectivity index (χ2n) is 3.87. The maximum Gasteiger partial charge on any atom is 1.00 e.